The van der Waals surface area contributed by atoms with Crippen molar-refractivity contribution in [3.05, 3.63) is 0 Å². The molecule has 0 rings (SSSR count). The van der Waals surface area contributed by atoms with Crippen molar-refractivity contribution in [3.63, 3.8) is 0 Å². The lowest BCUT2D eigenvalue weighted by molar-refractivity contribution is -0.870. The minimum Gasteiger partial charge on any atom is -0.756 e. The molecule has 9 heteroatoms. The van der Waals surface area contributed by atoms with E-state index < -0.39 is 20.0 Å². The molecule has 2 N–H and O–H groups in total. The second kappa shape index (κ2) is 34.3. The fourth-order valence-electron chi connectivity index (χ4n) is 6.39. The molecule has 0 spiro atoms. The molecule has 0 aromatic heterocycles. The number of likely N-dealkylation sites (N-methyl/N-ethyl adjacent to an activating group) is 1. The van der Waals surface area contributed by atoms with Gasteiger partial charge in [0.05, 0.1) is 39.9 Å². The van der Waals surface area contributed by atoms with Crippen LogP contribution in [-0.2, 0) is 18.4 Å². The van der Waals surface area contributed by atoms with Gasteiger partial charge in [-0.3, -0.25) is 9.36 Å². The van der Waals surface area contributed by atoms with Crippen LogP contribution in [0.2, 0.25) is 0 Å². The van der Waals surface area contributed by atoms with Gasteiger partial charge in [0.1, 0.15) is 13.2 Å². The van der Waals surface area contributed by atoms with Crippen LogP contribution in [0.4, 0.5) is 0 Å². The van der Waals surface area contributed by atoms with Gasteiger partial charge >= 0.3 is 0 Å². The first-order chi connectivity index (χ1) is 24.0. The number of nitrogens with zero attached hydrogens (tertiary/aromatic N) is 1. The van der Waals surface area contributed by atoms with E-state index in [1.54, 1.807) is 0 Å². The summed E-state index contributed by atoms with van der Waals surface area (Å²) in [5, 5.41) is 13.9. The Balaban J connectivity index is 4.34. The van der Waals surface area contributed by atoms with Gasteiger partial charge in [-0.1, -0.05) is 187 Å². The number of rotatable bonds is 39. The number of hydrogen-bond acceptors (Lipinski definition) is 6. The van der Waals surface area contributed by atoms with Crippen molar-refractivity contribution >= 4 is 13.7 Å². The van der Waals surface area contributed by atoms with Crippen molar-refractivity contribution in [1.82, 2.24) is 5.32 Å². The van der Waals surface area contributed by atoms with Crippen LogP contribution >= 0.6 is 7.82 Å². The Morgan fingerprint density at radius 2 is 0.980 bits per heavy atom. The van der Waals surface area contributed by atoms with Gasteiger partial charge in [-0.15, -0.1) is 0 Å². The van der Waals surface area contributed by atoms with Gasteiger partial charge in [-0.25, -0.2) is 0 Å². The molecular weight excluding hydrogens is 647 g/mol. The lowest BCUT2D eigenvalue weighted by Crippen LogP contribution is -2.46. The summed E-state index contributed by atoms with van der Waals surface area (Å²) in [5.41, 5.74) is 0. The van der Waals surface area contributed by atoms with E-state index in [9.17, 15) is 19.4 Å². The lowest BCUT2D eigenvalue weighted by atomic mass is 10.0. The summed E-state index contributed by atoms with van der Waals surface area (Å²) >= 11 is 0. The van der Waals surface area contributed by atoms with E-state index in [4.69, 9.17) is 9.05 Å². The number of unbranched alkanes of at least 4 members (excludes halogenated alkanes) is 26. The van der Waals surface area contributed by atoms with Gasteiger partial charge in [0, 0.05) is 6.42 Å². The molecule has 0 aliphatic rings. The van der Waals surface area contributed by atoms with Crippen molar-refractivity contribution < 1.29 is 32.9 Å². The number of phosphoric acid groups is 1. The molecule has 0 saturated heterocycles. The highest BCUT2D eigenvalue weighted by Crippen LogP contribution is 2.38. The number of aliphatic hydroxyl groups excluding tert-OH is 1. The van der Waals surface area contributed by atoms with Crippen LogP contribution in [-0.4, -0.2) is 68.5 Å². The largest absolute Gasteiger partial charge is 0.756 e. The summed E-state index contributed by atoms with van der Waals surface area (Å²) in [4.78, 5) is 25.2. The third-order valence-electron chi connectivity index (χ3n) is 9.85. The monoisotopic (exact) mass is 733 g/mol. The van der Waals surface area contributed by atoms with Crippen LogP contribution in [0.25, 0.3) is 0 Å². The quantitative estimate of drug-likeness (QED) is 0.0370. The molecule has 3 unspecified atom stereocenters. The van der Waals surface area contributed by atoms with Crippen molar-refractivity contribution in [2.45, 2.75) is 219 Å². The molecule has 300 valence electrons. The fraction of sp³-hybridized carbons (Fsp3) is 0.976. The van der Waals surface area contributed by atoms with Crippen molar-refractivity contribution in [2.75, 3.05) is 40.9 Å². The molecule has 50 heavy (non-hydrogen) atoms. The zero-order valence-corrected chi connectivity index (χ0v) is 34.8. The molecule has 8 nitrogen and oxygen atoms in total. The van der Waals surface area contributed by atoms with Gasteiger partial charge in [0.15, 0.2) is 0 Å². The molecule has 0 aliphatic heterocycles. The standard InChI is InChI=1S/C41H85N2O6P/c1-6-8-10-12-14-16-18-19-20-21-22-23-25-26-28-30-32-34-40(44)39(38-49-50(46,47)48-37-36-43(3,4)5)42-41(45)35-33-31-29-27-24-17-15-13-11-9-7-2/h39-40,44H,6-38H2,1-5H3,(H-,42,45,46,47). The van der Waals surface area contributed by atoms with E-state index in [1.807, 2.05) is 21.1 Å². The maximum Gasteiger partial charge on any atom is 0.268 e. The molecule has 0 bridgehead atoms. The minimum atomic E-state index is -4.55. The van der Waals surface area contributed by atoms with E-state index >= 15 is 0 Å². The molecule has 1 amide bonds. The molecule has 0 aliphatic carbocycles. The molecule has 0 aromatic rings. The average Bonchev–Trinajstić information content (AvgIpc) is 3.06. The van der Waals surface area contributed by atoms with Crippen LogP contribution in [0, 0.1) is 0 Å². The zero-order valence-electron chi connectivity index (χ0n) is 33.9. The van der Waals surface area contributed by atoms with Crippen molar-refractivity contribution in [2.24, 2.45) is 0 Å². The number of amides is 1. The summed E-state index contributed by atoms with van der Waals surface area (Å²) in [6, 6.07) is -0.791. The Morgan fingerprint density at radius 3 is 1.36 bits per heavy atom. The van der Waals surface area contributed by atoms with Crippen LogP contribution in [0.15, 0.2) is 0 Å². The molecule has 0 radical (unpaired) electrons. The van der Waals surface area contributed by atoms with Crippen molar-refractivity contribution in [3.8, 4) is 0 Å². The molecule has 0 aromatic carbocycles. The number of phosphoric ester groups is 1. The number of carbonyl (C=O) groups excluding carboxylic acids is 1. The first-order valence-electron chi connectivity index (χ1n) is 21.4. The fourth-order valence-corrected chi connectivity index (χ4v) is 7.12. The Labute approximate surface area is 310 Å². The van der Waals surface area contributed by atoms with Crippen molar-refractivity contribution in [1.29, 1.82) is 0 Å². The maximum atomic E-state index is 12.8. The Kier molecular flexibility index (Phi) is 33.9. The smallest absolute Gasteiger partial charge is 0.268 e. The average molecular weight is 733 g/mol. The van der Waals surface area contributed by atoms with Crippen LogP contribution in [0.5, 0.6) is 0 Å². The van der Waals surface area contributed by atoms with E-state index in [0.29, 0.717) is 23.9 Å². The summed E-state index contributed by atoms with van der Waals surface area (Å²) in [6.07, 6.45) is 35.3. The van der Waals surface area contributed by atoms with Crippen LogP contribution in [0.3, 0.4) is 0 Å². The first-order valence-corrected chi connectivity index (χ1v) is 22.8. The van der Waals surface area contributed by atoms with Gasteiger partial charge < -0.3 is 28.8 Å². The summed E-state index contributed by atoms with van der Waals surface area (Å²) in [5.74, 6) is -0.164. The lowest BCUT2D eigenvalue weighted by Gasteiger charge is -2.30. The van der Waals surface area contributed by atoms with E-state index in [0.717, 1.165) is 38.5 Å². The summed E-state index contributed by atoms with van der Waals surface area (Å²) < 4.78 is 23.2. The second-order valence-electron chi connectivity index (χ2n) is 16.1. The predicted molar refractivity (Wildman–Crippen MR) is 210 cm³/mol. The van der Waals surface area contributed by atoms with Gasteiger partial charge in [0.25, 0.3) is 7.82 Å². The number of aliphatic hydroxyl groups is 1. The third kappa shape index (κ3) is 35.9. The van der Waals surface area contributed by atoms with Crippen LogP contribution in [0.1, 0.15) is 206 Å². The summed E-state index contributed by atoms with van der Waals surface area (Å²) in [7, 11) is 1.31. The topological polar surface area (TPSA) is 108 Å². The predicted octanol–water partition coefficient (Wildman–Crippen LogP) is 10.8. The Morgan fingerprint density at radius 1 is 0.620 bits per heavy atom. The van der Waals surface area contributed by atoms with Gasteiger partial charge in [-0.2, -0.15) is 0 Å². The zero-order chi connectivity index (χ0) is 37.2. The number of quaternary nitrogens is 1. The Bertz CT molecular complexity index is 794. The molecule has 0 fully saturated rings. The third-order valence-corrected chi connectivity index (χ3v) is 10.8. The highest BCUT2D eigenvalue weighted by Gasteiger charge is 2.24. The first kappa shape index (κ1) is 49.5. The number of carbonyl (C=O) groups is 1. The van der Waals surface area contributed by atoms with Crippen LogP contribution < -0.4 is 10.2 Å². The van der Waals surface area contributed by atoms with Gasteiger partial charge in [0.2, 0.25) is 5.91 Å². The Hall–Kier alpha value is -0.500. The maximum absolute atomic E-state index is 12.8. The molecule has 0 saturated carbocycles. The number of hydrogen-bond donors (Lipinski definition) is 2. The summed E-state index contributed by atoms with van der Waals surface area (Å²) in [6.45, 7) is 4.72. The normalized spacial score (nSPS) is 14.5. The SMILES string of the molecule is CCCCCCCCCCCCCCCCCCCC(O)C(COP(=O)([O-])OCC[N+](C)(C)C)NC(=O)CCCCCCCCCCCCC. The highest BCUT2D eigenvalue weighted by atomic mass is 31.2. The molecule has 3 atom stereocenters. The van der Waals surface area contributed by atoms with Gasteiger partial charge in [-0.05, 0) is 12.8 Å². The number of nitrogens with one attached hydrogen (secondary N) is 1. The molecular formula is C41H85N2O6P. The van der Waals surface area contributed by atoms with E-state index in [-0.39, 0.29) is 19.1 Å². The van der Waals surface area contributed by atoms with E-state index in [2.05, 4.69) is 19.2 Å². The second-order valence-corrected chi connectivity index (χ2v) is 17.5. The highest BCUT2D eigenvalue weighted by molar-refractivity contribution is 7.45. The van der Waals surface area contributed by atoms with E-state index in [1.165, 1.54) is 141 Å². The minimum absolute atomic E-state index is 0.0158. The molecule has 0 heterocycles.